The Morgan fingerprint density at radius 3 is 2.78 bits per heavy atom. The van der Waals surface area contributed by atoms with Gasteiger partial charge in [-0.25, -0.2) is 8.78 Å². The van der Waals surface area contributed by atoms with E-state index >= 15 is 0 Å². The molecule has 4 heteroatoms. The minimum absolute atomic E-state index is 0.274. The maximum Gasteiger partial charge on any atom is 0.159 e. The molecule has 100 valence electrons. The number of hydrogen-bond donors (Lipinski definition) is 1. The second-order valence-corrected chi connectivity index (χ2v) is 5.10. The van der Waals surface area contributed by atoms with Gasteiger partial charge in [-0.2, -0.15) is 0 Å². The first-order valence-corrected chi connectivity index (χ1v) is 6.52. The van der Waals surface area contributed by atoms with E-state index < -0.39 is 11.6 Å². The smallest absolute Gasteiger partial charge is 0.159 e. The fraction of sp³-hybridized carbons (Fsp3) is 0.571. The van der Waals surface area contributed by atoms with Gasteiger partial charge in [-0.3, -0.25) is 4.90 Å². The van der Waals surface area contributed by atoms with Gasteiger partial charge in [0.25, 0.3) is 0 Å². The lowest BCUT2D eigenvalue weighted by atomic mass is 9.90. The maximum atomic E-state index is 13.1. The van der Waals surface area contributed by atoms with Crippen molar-refractivity contribution in [3.05, 3.63) is 35.4 Å². The summed E-state index contributed by atoms with van der Waals surface area (Å²) in [6.07, 6.45) is 2.04. The van der Waals surface area contributed by atoms with Crippen LogP contribution >= 0.6 is 0 Å². The van der Waals surface area contributed by atoms with E-state index in [1.54, 1.807) is 6.07 Å². The molecule has 0 aliphatic carbocycles. The number of hydrogen-bond acceptors (Lipinski definition) is 2. The molecule has 1 aromatic carbocycles. The lowest BCUT2D eigenvalue weighted by Crippen LogP contribution is -2.46. The van der Waals surface area contributed by atoms with Crippen molar-refractivity contribution in [1.82, 2.24) is 4.90 Å². The van der Waals surface area contributed by atoms with Crippen LogP contribution in [0.5, 0.6) is 0 Å². The van der Waals surface area contributed by atoms with Crippen LogP contribution in [0.2, 0.25) is 0 Å². The molecule has 2 nitrogen and oxygen atoms in total. The lowest BCUT2D eigenvalue weighted by Gasteiger charge is -2.36. The summed E-state index contributed by atoms with van der Waals surface area (Å²) in [6.45, 7) is 4.68. The molecular weight excluding hydrogens is 234 g/mol. The van der Waals surface area contributed by atoms with Crippen molar-refractivity contribution >= 4 is 0 Å². The molecule has 1 aromatic rings. The third kappa shape index (κ3) is 3.06. The summed E-state index contributed by atoms with van der Waals surface area (Å²) in [6, 6.07) is 4.40. The van der Waals surface area contributed by atoms with E-state index in [0.717, 1.165) is 31.5 Å². The molecule has 0 bridgehead atoms. The average molecular weight is 254 g/mol. The first kappa shape index (κ1) is 13.4. The predicted molar refractivity (Wildman–Crippen MR) is 68.0 cm³/mol. The monoisotopic (exact) mass is 254 g/mol. The highest BCUT2D eigenvalue weighted by molar-refractivity contribution is 5.17. The molecule has 0 radical (unpaired) electrons. The molecule has 0 amide bonds. The molecule has 1 aliphatic heterocycles. The first-order chi connectivity index (χ1) is 8.60. The highest BCUT2D eigenvalue weighted by Gasteiger charge is 2.25. The van der Waals surface area contributed by atoms with E-state index in [9.17, 15) is 8.78 Å². The third-order valence-corrected chi connectivity index (χ3v) is 3.79. The minimum atomic E-state index is -0.786. The van der Waals surface area contributed by atoms with Crippen LogP contribution in [-0.4, -0.2) is 24.0 Å². The summed E-state index contributed by atoms with van der Waals surface area (Å²) >= 11 is 0. The summed E-state index contributed by atoms with van der Waals surface area (Å²) < 4.78 is 26.0. The molecule has 0 spiro atoms. The van der Waals surface area contributed by atoms with E-state index in [-0.39, 0.29) is 6.04 Å². The van der Waals surface area contributed by atoms with Crippen LogP contribution in [0.25, 0.3) is 0 Å². The van der Waals surface area contributed by atoms with Gasteiger partial charge < -0.3 is 5.73 Å². The Kier molecular flexibility index (Phi) is 4.30. The van der Waals surface area contributed by atoms with Gasteiger partial charge in [0.05, 0.1) is 0 Å². The van der Waals surface area contributed by atoms with E-state index in [0.29, 0.717) is 12.5 Å². The number of nitrogens with zero attached hydrogens (tertiary/aromatic N) is 1. The molecule has 1 fully saturated rings. The highest BCUT2D eigenvalue weighted by atomic mass is 19.2. The van der Waals surface area contributed by atoms with E-state index in [2.05, 4.69) is 11.8 Å². The Morgan fingerprint density at radius 1 is 1.33 bits per heavy atom. The van der Waals surface area contributed by atoms with Gasteiger partial charge in [0.15, 0.2) is 11.6 Å². The predicted octanol–water partition coefficient (Wildman–Crippen LogP) is 2.52. The normalized spacial score (nSPS) is 25.3. The van der Waals surface area contributed by atoms with Crippen molar-refractivity contribution in [3.8, 4) is 0 Å². The van der Waals surface area contributed by atoms with Gasteiger partial charge in [-0.05, 0) is 36.6 Å². The number of halogens is 2. The zero-order valence-corrected chi connectivity index (χ0v) is 10.7. The number of benzene rings is 1. The average Bonchev–Trinajstić information content (AvgIpc) is 2.36. The van der Waals surface area contributed by atoms with Crippen molar-refractivity contribution in [2.75, 3.05) is 13.1 Å². The third-order valence-electron chi connectivity index (χ3n) is 3.79. The zero-order valence-electron chi connectivity index (χ0n) is 10.7. The largest absolute Gasteiger partial charge is 0.327 e. The van der Waals surface area contributed by atoms with E-state index in [1.165, 1.54) is 12.1 Å². The van der Waals surface area contributed by atoms with E-state index in [1.807, 2.05) is 0 Å². The van der Waals surface area contributed by atoms with Crippen LogP contribution in [-0.2, 0) is 6.54 Å². The molecule has 18 heavy (non-hydrogen) atoms. The quantitative estimate of drug-likeness (QED) is 0.898. The molecule has 2 unspecified atom stereocenters. The number of nitrogens with two attached hydrogens (primary N) is 1. The van der Waals surface area contributed by atoms with Crippen molar-refractivity contribution in [2.45, 2.75) is 32.4 Å². The summed E-state index contributed by atoms with van der Waals surface area (Å²) in [5.74, 6) is -1.05. The van der Waals surface area contributed by atoms with Crippen molar-refractivity contribution in [2.24, 2.45) is 11.7 Å². The van der Waals surface area contributed by atoms with E-state index in [4.69, 9.17) is 5.73 Å². The summed E-state index contributed by atoms with van der Waals surface area (Å²) in [5, 5.41) is 0. The molecule has 0 saturated carbocycles. The standard InChI is InChI=1S/C14H20F2N2/c1-2-11-9-18(6-5-14(11)17)8-10-3-4-12(15)13(16)7-10/h3-4,7,11,14H,2,5-6,8-9,17H2,1H3. The first-order valence-electron chi connectivity index (χ1n) is 6.52. The SMILES string of the molecule is CCC1CN(Cc2ccc(F)c(F)c2)CCC1N. The second-order valence-electron chi connectivity index (χ2n) is 5.10. The van der Waals surface area contributed by atoms with Gasteiger partial charge >= 0.3 is 0 Å². The van der Waals surface area contributed by atoms with Crippen molar-refractivity contribution in [1.29, 1.82) is 0 Å². The van der Waals surface area contributed by atoms with Gasteiger partial charge in [0.1, 0.15) is 0 Å². The highest BCUT2D eigenvalue weighted by Crippen LogP contribution is 2.20. The van der Waals surface area contributed by atoms with Gasteiger partial charge in [0.2, 0.25) is 0 Å². The van der Waals surface area contributed by atoms with Crippen LogP contribution in [0.1, 0.15) is 25.3 Å². The van der Waals surface area contributed by atoms with Crippen molar-refractivity contribution in [3.63, 3.8) is 0 Å². The van der Waals surface area contributed by atoms with Gasteiger partial charge in [-0.1, -0.05) is 19.4 Å². The Morgan fingerprint density at radius 2 is 2.11 bits per heavy atom. The molecule has 2 rings (SSSR count). The van der Waals surface area contributed by atoms with Crippen LogP contribution in [0, 0.1) is 17.6 Å². The summed E-state index contributed by atoms with van der Waals surface area (Å²) in [5.41, 5.74) is 6.87. The van der Waals surface area contributed by atoms with Crippen LogP contribution in [0.15, 0.2) is 18.2 Å². The molecule has 1 saturated heterocycles. The number of piperidine rings is 1. The summed E-state index contributed by atoms with van der Waals surface area (Å²) in [7, 11) is 0. The topological polar surface area (TPSA) is 29.3 Å². The molecule has 0 aromatic heterocycles. The Hall–Kier alpha value is -1.00. The van der Waals surface area contributed by atoms with Crippen LogP contribution in [0.4, 0.5) is 8.78 Å². The van der Waals surface area contributed by atoms with Gasteiger partial charge in [0, 0.05) is 19.1 Å². The van der Waals surface area contributed by atoms with Crippen molar-refractivity contribution < 1.29 is 8.78 Å². The Labute approximate surface area is 107 Å². The van der Waals surface area contributed by atoms with Gasteiger partial charge in [-0.15, -0.1) is 0 Å². The maximum absolute atomic E-state index is 13.1. The van der Waals surface area contributed by atoms with Crippen LogP contribution < -0.4 is 5.73 Å². The zero-order chi connectivity index (χ0) is 13.1. The minimum Gasteiger partial charge on any atom is -0.327 e. The molecule has 2 N–H and O–H groups in total. The molecule has 1 heterocycles. The fourth-order valence-corrected chi connectivity index (χ4v) is 2.60. The second kappa shape index (κ2) is 5.76. The summed E-state index contributed by atoms with van der Waals surface area (Å²) in [4.78, 5) is 2.27. The fourth-order valence-electron chi connectivity index (χ4n) is 2.60. The lowest BCUT2D eigenvalue weighted by molar-refractivity contribution is 0.145. The number of rotatable bonds is 3. The Bertz CT molecular complexity index is 409. The number of likely N-dealkylation sites (tertiary alicyclic amines) is 1. The van der Waals surface area contributed by atoms with Crippen LogP contribution in [0.3, 0.4) is 0 Å². The molecular formula is C14H20F2N2. The molecule has 2 atom stereocenters. The molecule has 1 aliphatic rings. The Balaban J connectivity index is 1.99.